The largest absolute Gasteiger partial charge is 0.314 e. The molecule has 0 saturated carbocycles. The molecule has 2 aromatic carbocycles. The molecule has 1 N–H and O–H groups in total. The second-order valence-electron chi connectivity index (χ2n) is 6.22. The van der Waals surface area contributed by atoms with E-state index in [1.54, 1.807) is 11.1 Å². The van der Waals surface area contributed by atoms with Gasteiger partial charge in [0.25, 0.3) is 0 Å². The Morgan fingerprint density at radius 1 is 1.10 bits per heavy atom. The maximum Gasteiger partial charge on any atom is 0.0113 e. The minimum absolute atomic E-state index is 0.578. The Balaban J connectivity index is 1.67. The second-order valence-corrected chi connectivity index (χ2v) is 6.22. The minimum Gasteiger partial charge on any atom is -0.314 e. The highest BCUT2D eigenvalue weighted by molar-refractivity contribution is 5.40. The van der Waals surface area contributed by atoms with Gasteiger partial charge < -0.3 is 5.32 Å². The lowest BCUT2D eigenvalue weighted by Gasteiger charge is -2.33. The Hall–Kier alpha value is -1.60. The average molecular weight is 279 g/mol. The number of fused-ring (bicyclic) bond motifs is 1. The lowest BCUT2D eigenvalue weighted by molar-refractivity contribution is 0.422. The third kappa shape index (κ3) is 3.19. The molecule has 0 spiro atoms. The minimum atomic E-state index is 0.578. The van der Waals surface area contributed by atoms with E-state index in [1.165, 1.54) is 24.0 Å². The summed E-state index contributed by atoms with van der Waals surface area (Å²) in [5.74, 6) is 0.745. The van der Waals surface area contributed by atoms with E-state index < -0.39 is 0 Å². The summed E-state index contributed by atoms with van der Waals surface area (Å²) in [7, 11) is 0. The first kappa shape index (κ1) is 14.3. The van der Waals surface area contributed by atoms with Crippen molar-refractivity contribution < 1.29 is 0 Å². The predicted octanol–water partition coefficient (Wildman–Crippen LogP) is 4.25. The quantitative estimate of drug-likeness (QED) is 0.833. The van der Waals surface area contributed by atoms with Gasteiger partial charge in [0.2, 0.25) is 0 Å². The van der Waals surface area contributed by atoms with Crippen molar-refractivity contribution >= 4 is 0 Å². The normalized spacial score (nSPS) is 17.9. The summed E-state index contributed by atoms with van der Waals surface area (Å²) < 4.78 is 0. The van der Waals surface area contributed by atoms with Crippen molar-refractivity contribution in [2.45, 2.75) is 45.1 Å². The van der Waals surface area contributed by atoms with E-state index in [0.29, 0.717) is 6.04 Å². The van der Waals surface area contributed by atoms with Crippen molar-refractivity contribution in [3.8, 4) is 0 Å². The first-order chi connectivity index (χ1) is 10.3. The van der Waals surface area contributed by atoms with Crippen LogP contribution in [0.1, 0.15) is 41.5 Å². The molecule has 3 rings (SSSR count). The van der Waals surface area contributed by atoms with Crippen LogP contribution in [0, 0.1) is 6.92 Å². The van der Waals surface area contributed by atoms with E-state index in [2.05, 4.69) is 67.7 Å². The van der Waals surface area contributed by atoms with Gasteiger partial charge in [0.05, 0.1) is 0 Å². The molecular weight excluding hydrogens is 254 g/mol. The molecule has 0 fully saturated rings. The third-order valence-electron chi connectivity index (χ3n) is 4.75. The van der Waals surface area contributed by atoms with Crippen molar-refractivity contribution in [1.82, 2.24) is 5.32 Å². The van der Waals surface area contributed by atoms with Gasteiger partial charge >= 0.3 is 0 Å². The van der Waals surface area contributed by atoms with Crippen LogP contribution in [0.4, 0.5) is 0 Å². The van der Waals surface area contributed by atoms with Gasteiger partial charge in [-0.15, -0.1) is 0 Å². The highest BCUT2D eigenvalue weighted by Crippen LogP contribution is 2.38. The van der Waals surface area contributed by atoms with Crippen molar-refractivity contribution in [2.75, 3.05) is 6.54 Å². The Labute approximate surface area is 128 Å². The summed E-state index contributed by atoms with van der Waals surface area (Å²) in [6.45, 7) is 5.47. The zero-order valence-electron chi connectivity index (χ0n) is 13.1. The molecule has 110 valence electrons. The zero-order valence-corrected chi connectivity index (χ0v) is 13.1. The van der Waals surface area contributed by atoms with Crippen LogP contribution in [0.25, 0.3) is 0 Å². The summed E-state index contributed by atoms with van der Waals surface area (Å²) in [4.78, 5) is 0. The Morgan fingerprint density at radius 2 is 1.86 bits per heavy atom. The fraction of sp³-hybridized carbons (Fsp3) is 0.400. The third-order valence-corrected chi connectivity index (χ3v) is 4.75. The van der Waals surface area contributed by atoms with Gasteiger partial charge in [-0.05, 0) is 60.9 Å². The molecular formula is C20H25N. The van der Waals surface area contributed by atoms with E-state index >= 15 is 0 Å². The van der Waals surface area contributed by atoms with Crippen LogP contribution in [0.15, 0.2) is 48.5 Å². The van der Waals surface area contributed by atoms with Crippen LogP contribution < -0.4 is 5.32 Å². The van der Waals surface area contributed by atoms with Gasteiger partial charge in [-0.25, -0.2) is 0 Å². The smallest absolute Gasteiger partial charge is 0.0113 e. The van der Waals surface area contributed by atoms with Crippen molar-refractivity contribution in [2.24, 2.45) is 0 Å². The van der Waals surface area contributed by atoms with Gasteiger partial charge in [-0.3, -0.25) is 0 Å². The van der Waals surface area contributed by atoms with Crippen LogP contribution in [-0.4, -0.2) is 12.6 Å². The lowest BCUT2D eigenvalue weighted by Crippen LogP contribution is -2.35. The highest BCUT2D eigenvalue weighted by Gasteiger charge is 2.27. The van der Waals surface area contributed by atoms with E-state index in [9.17, 15) is 0 Å². The molecule has 1 nitrogen and oxygen atoms in total. The first-order valence-corrected chi connectivity index (χ1v) is 8.13. The second kappa shape index (κ2) is 6.44. The number of hydrogen-bond acceptors (Lipinski definition) is 1. The van der Waals surface area contributed by atoms with Crippen LogP contribution in [0.2, 0.25) is 0 Å². The van der Waals surface area contributed by atoms with Crippen molar-refractivity contribution in [1.29, 1.82) is 0 Å². The van der Waals surface area contributed by atoms with Gasteiger partial charge in [0.15, 0.2) is 0 Å². The summed E-state index contributed by atoms with van der Waals surface area (Å²) >= 11 is 0. The number of hydrogen-bond donors (Lipinski definition) is 1. The summed E-state index contributed by atoms with van der Waals surface area (Å²) in [6, 6.07) is 18.3. The monoisotopic (exact) mass is 279 g/mol. The molecule has 0 heterocycles. The molecule has 0 aliphatic heterocycles. The van der Waals surface area contributed by atoms with E-state index in [4.69, 9.17) is 0 Å². The highest BCUT2D eigenvalue weighted by atomic mass is 14.9. The van der Waals surface area contributed by atoms with Crippen LogP contribution in [0.3, 0.4) is 0 Å². The zero-order chi connectivity index (χ0) is 14.7. The fourth-order valence-electron chi connectivity index (χ4n) is 3.55. The van der Waals surface area contributed by atoms with Gasteiger partial charge in [-0.2, -0.15) is 0 Å². The molecule has 2 aromatic rings. The molecule has 21 heavy (non-hydrogen) atoms. The molecule has 0 amide bonds. The number of likely N-dealkylation sites (N-methyl/N-ethyl adjacent to an activating group) is 1. The molecule has 2 atom stereocenters. The molecule has 0 saturated heterocycles. The standard InChI is InChI=1S/C20H25N/c1-3-21-19(13-16-9-5-4-8-15(16)2)14-18-12-17-10-6-7-11-20(17)18/h4-11,18-19,21H,3,12-14H2,1-2H3. The molecule has 1 aliphatic rings. The number of nitrogens with one attached hydrogen (secondary N) is 1. The van der Waals surface area contributed by atoms with Crippen LogP contribution in [-0.2, 0) is 12.8 Å². The SMILES string of the molecule is CCNC(Cc1ccccc1C)CC1Cc2ccccc21. The van der Waals surface area contributed by atoms with Crippen LogP contribution in [0.5, 0.6) is 0 Å². The Bertz CT molecular complexity index is 602. The van der Waals surface area contributed by atoms with Crippen molar-refractivity contribution in [3.05, 3.63) is 70.8 Å². The summed E-state index contributed by atoms with van der Waals surface area (Å²) in [6.07, 6.45) is 3.64. The molecule has 0 bridgehead atoms. The molecule has 0 aromatic heterocycles. The van der Waals surface area contributed by atoms with Gasteiger partial charge in [0.1, 0.15) is 0 Å². The van der Waals surface area contributed by atoms with Gasteiger partial charge in [-0.1, -0.05) is 55.5 Å². The first-order valence-electron chi connectivity index (χ1n) is 8.13. The van der Waals surface area contributed by atoms with E-state index in [1.807, 2.05) is 0 Å². The van der Waals surface area contributed by atoms with Crippen LogP contribution >= 0.6 is 0 Å². The topological polar surface area (TPSA) is 12.0 Å². The summed E-state index contributed by atoms with van der Waals surface area (Å²) in [5.41, 5.74) is 6.02. The number of aryl methyl sites for hydroxylation is 1. The number of rotatable bonds is 6. The maximum absolute atomic E-state index is 3.69. The molecule has 2 unspecified atom stereocenters. The number of benzene rings is 2. The predicted molar refractivity (Wildman–Crippen MR) is 89.9 cm³/mol. The maximum atomic E-state index is 3.69. The van der Waals surface area contributed by atoms with Crippen molar-refractivity contribution in [3.63, 3.8) is 0 Å². The molecule has 0 radical (unpaired) electrons. The van der Waals surface area contributed by atoms with Gasteiger partial charge in [0, 0.05) is 6.04 Å². The molecule has 1 aliphatic carbocycles. The summed E-state index contributed by atoms with van der Waals surface area (Å²) in [5, 5.41) is 3.69. The lowest BCUT2D eigenvalue weighted by atomic mass is 9.74. The van der Waals surface area contributed by atoms with E-state index in [-0.39, 0.29) is 0 Å². The van der Waals surface area contributed by atoms with E-state index in [0.717, 1.165) is 18.9 Å². The Kier molecular flexibility index (Phi) is 4.40. The molecule has 1 heteroatoms. The fourth-order valence-corrected chi connectivity index (χ4v) is 3.55. The average Bonchev–Trinajstić information content (AvgIpc) is 2.47. The Morgan fingerprint density at radius 3 is 2.62 bits per heavy atom.